The van der Waals surface area contributed by atoms with E-state index in [4.69, 9.17) is 4.74 Å². The lowest BCUT2D eigenvalue weighted by Gasteiger charge is -2.58. The Labute approximate surface area is 185 Å². The van der Waals surface area contributed by atoms with Gasteiger partial charge in [-0.05, 0) is 92.0 Å². The lowest BCUT2D eigenvalue weighted by molar-refractivity contribution is -0.129. The van der Waals surface area contributed by atoms with E-state index >= 15 is 0 Å². The summed E-state index contributed by atoms with van der Waals surface area (Å²) in [5.74, 6) is 2.88. The van der Waals surface area contributed by atoms with Gasteiger partial charge in [0.05, 0.1) is 7.11 Å². The Bertz CT molecular complexity index is 910. The standard InChI is InChI=1S/C26H34N2O3/c1-25-14-12-20-18(8-11-22-26(20,2)15-13-23(29)28-22)19(25)9-10-21(25)24(30)27-16-4-6-17(31-3)7-5-16/h4-7,13,15,18-22H,8-12,14H2,1-3H3,(H,27,30)(H,28,29)/t18?,19?,20?,21?,22?,25-,26+/m0/s1. The average molecular weight is 423 g/mol. The van der Waals surface area contributed by atoms with Gasteiger partial charge in [0.25, 0.3) is 0 Å². The fraction of sp³-hybridized carbons (Fsp3) is 0.615. The van der Waals surface area contributed by atoms with Crippen LogP contribution in [0, 0.1) is 34.5 Å². The quantitative estimate of drug-likeness (QED) is 0.751. The third-order valence-electron chi connectivity index (χ3n) is 9.36. The number of anilines is 1. The van der Waals surface area contributed by atoms with Gasteiger partial charge in [-0.3, -0.25) is 9.59 Å². The molecule has 1 aliphatic heterocycles. The zero-order valence-corrected chi connectivity index (χ0v) is 18.8. The van der Waals surface area contributed by atoms with Gasteiger partial charge in [-0.2, -0.15) is 0 Å². The highest BCUT2D eigenvalue weighted by Crippen LogP contribution is 2.65. The number of hydrogen-bond donors (Lipinski definition) is 2. The van der Waals surface area contributed by atoms with E-state index in [9.17, 15) is 9.59 Å². The van der Waals surface area contributed by atoms with E-state index in [1.807, 2.05) is 24.3 Å². The van der Waals surface area contributed by atoms with Gasteiger partial charge in [-0.1, -0.05) is 19.9 Å². The fourth-order valence-corrected chi connectivity index (χ4v) is 7.67. The molecule has 0 bridgehead atoms. The molecule has 5 rings (SSSR count). The van der Waals surface area contributed by atoms with Crippen molar-refractivity contribution in [2.75, 3.05) is 12.4 Å². The third kappa shape index (κ3) is 3.19. The van der Waals surface area contributed by atoms with Crippen LogP contribution in [0.15, 0.2) is 36.4 Å². The predicted molar refractivity (Wildman–Crippen MR) is 121 cm³/mol. The molecule has 5 unspecified atom stereocenters. The molecule has 0 spiro atoms. The fourth-order valence-electron chi connectivity index (χ4n) is 7.67. The predicted octanol–water partition coefficient (Wildman–Crippen LogP) is 4.55. The SMILES string of the molecule is COc1ccc(NC(=O)C2CCC3C4CCC5NC(=O)C=C[C@]5(C)C4CC[C@]23C)cc1. The third-order valence-corrected chi connectivity index (χ3v) is 9.36. The summed E-state index contributed by atoms with van der Waals surface area (Å²) in [7, 11) is 1.65. The summed E-state index contributed by atoms with van der Waals surface area (Å²) >= 11 is 0. The first-order valence-corrected chi connectivity index (χ1v) is 11.8. The van der Waals surface area contributed by atoms with Gasteiger partial charge in [-0.15, -0.1) is 0 Å². The van der Waals surface area contributed by atoms with E-state index in [2.05, 4.69) is 30.6 Å². The van der Waals surface area contributed by atoms with Crippen molar-refractivity contribution in [3.05, 3.63) is 36.4 Å². The Balaban J connectivity index is 1.34. The molecule has 1 aromatic rings. The number of benzene rings is 1. The Morgan fingerprint density at radius 2 is 1.84 bits per heavy atom. The van der Waals surface area contributed by atoms with E-state index < -0.39 is 0 Å². The second kappa shape index (κ2) is 7.39. The van der Waals surface area contributed by atoms with Gasteiger partial charge >= 0.3 is 0 Å². The maximum absolute atomic E-state index is 13.3. The average Bonchev–Trinajstić information content (AvgIpc) is 3.12. The molecule has 166 valence electrons. The Morgan fingerprint density at radius 3 is 2.58 bits per heavy atom. The smallest absolute Gasteiger partial charge is 0.243 e. The molecule has 3 aliphatic carbocycles. The van der Waals surface area contributed by atoms with Crippen LogP contribution in [-0.2, 0) is 9.59 Å². The van der Waals surface area contributed by atoms with Crippen LogP contribution in [0.4, 0.5) is 5.69 Å². The van der Waals surface area contributed by atoms with Crippen molar-refractivity contribution in [3.8, 4) is 5.75 Å². The molecule has 2 amide bonds. The molecule has 0 aromatic heterocycles. The Kier molecular flexibility index (Phi) is 4.91. The zero-order chi connectivity index (χ0) is 21.8. The minimum atomic E-state index is 0.0433. The molecule has 1 aromatic carbocycles. The molecule has 3 saturated carbocycles. The van der Waals surface area contributed by atoms with Crippen LogP contribution in [0.25, 0.3) is 0 Å². The number of methoxy groups -OCH3 is 1. The molecule has 31 heavy (non-hydrogen) atoms. The number of hydrogen-bond acceptors (Lipinski definition) is 3. The number of rotatable bonds is 3. The minimum Gasteiger partial charge on any atom is -0.497 e. The summed E-state index contributed by atoms with van der Waals surface area (Å²) in [6.45, 7) is 4.71. The van der Waals surface area contributed by atoms with Crippen molar-refractivity contribution in [1.82, 2.24) is 5.32 Å². The van der Waals surface area contributed by atoms with Crippen LogP contribution in [0.1, 0.15) is 52.4 Å². The van der Waals surface area contributed by atoms with Crippen LogP contribution in [0.3, 0.4) is 0 Å². The van der Waals surface area contributed by atoms with Crippen LogP contribution in [0.2, 0.25) is 0 Å². The first kappa shape index (κ1) is 20.6. The number of nitrogens with one attached hydrogen (secondary N) is 2. The van der Waals surface area contributed by atoms with E-state index in [-0.39, 0.29) is 34.6 Å². The number of carbonyl (C=O) groups is 2. The molecule has 2 N–H and O–H groups in total. The summed E-state index contributed by atoms with van der Waals surface area (Å²) in [6.07, 6.45) is 10.5. The molecule has 0 saturated heterocycles. The molecule has 1 heterocycles. The highest BCUT2D eigenvalue weighted by molar-refractivity contribution is 5.93. The molecule has 4 aliphatic rings. The molecule has 7 atom stereocenters. The van der Waals surface area contributed by atoms with Gasteiger partial charge in [-0.25, -0.2) is 0 Å². The lowest BCUT2D eigenvalue weighted by Crippen LogP contribution is -2.59. The topological polar surface area (TPSA) is 67.4 Å². The molecule has 5 heteroatoms. The summed E-state index contributed by atoms with van der Waals surface area (Å²) in [5, 5.41) is 6.39. The second-order valence-corrected chi connectivity index (χ2v) is 10.6. The van der Waals surface area contributed by atoms with Crippen LogP contribution < -0.4 is 15.4 Å². The molecule has 5 nitrogen and oxygen atoms in total. The van der Waals surface area contributed by atoms with Gasteiger partial charge in [0.1, 0.15) is 5.75 Å². The first-order valence-electron chi connectivity index (χ1n) is 11.8. The van der Waals surface area contributed by atoms with Crippen molar-refractivity contribution in [3.63, 3.8) is 0 Å². The largest absolute Gasteiger partial charge is 0.497 e. The van der Waals surface area contributed by atoms with E-state index in [0.29, 0.717) is 17.8 Å². The summed E-state index contributed by atoms with van der Waals surface area (Å²) in [5.41, 5.74) is 0.937. The van der Waals surface area contributed by atoms with Gasteiger partial charge in [0.15, 0.2) is 0 Å². The second-order valence-electron chi connectivity index (χ2n) is 10.6. The number of ether oxygens (including phenoxy) is 1. The van der Waals surface area contributed by atoms with Crippen LogP contribution in [0.5, 0.6) is 5.75 Å². The van der Waals surface area contributed by atoms with Crippen molar-refractivity contribution in [2.24, 2.45) is 34.5 Å². The van der Waals surface area contributed by atoms with Gasteiger partial charge < -0.3 is 15.4 Å². The minimum absolute atomic E-state index is 0.0433. The molecule has 3 fully saturated rings. The van der Waals surface area contributed by atoms with E-state index in [1.165, 1.54) is 0 Å². The number of carbonyl (C=O) groups excluding carboxylic acids is 2. The summed E-state index contributed by atoms with van der Waals surface area (Å²) in [6, 6.07) is 7.85. The van der Waals surface area contributed by atoms with Crippen LogP contribution in [-0.4, -0.2) is 25.0 Å². The molecule has 0 radical (unpaired) electrons. The van der Waals surface area contributed by atoms with Crippen molar-refractivity contribution in [1.29, 1.82) is 0 Å². The molecular formula is C26H34N2O3. The highest BCUT2D eigenvalue weighted by atomic mass is 16.5. The van der Waals surface area contributed by atoms with E-state index in [1.54, 1.807) is 13.2 Å². The monoisotopic (exact) mass is 422 g/mol. The lowest BCUT2D eigenvalue weighted by atomic mass is 9.48. The van der Waals surface area contributed by atoms with Gasteiger partial charge in [0, 0.05) is 23.1 Å². The van der Waals surface area contributed by atoms with Gasteiger partial charge in [0.2, 0.25) is 11.8 Å². The normalized spacial score (nSPS) is 40.9. The Morgan fingerprint density at radius 1 is 1.06 bits per heavy atom. The Hall–Kier alpha value is -2.30. The van der Waals surface area contributed by atoms with Crippen molar-refractivity contribution in [2.45, 2.75) is 58.4 Å². The maximum atomic E-state index is 13.3. The highest BCUT2D eigenvalue weighted by Gasteiger charge is 2.60. The molecular weight excluding hydrogens is 388 g/mol. The first-order chi connectivity index (χ1) is 14.8. The van der Waals surface area contributed by atoms with Crippen molar-refractivity contribution >= 4 is 17.5 Å². The maximum Gasteiger partial charge on any atom is 0.243 e. The summed E-state index contributed by atoms with van der Waals surface area (Å²) < 4.78 is 5.22. The van der Waals surface area contributed by atoms with Crippen LogP contribution >= 0.6 is 0 Å². The summed E-state index contributed by atoms with van der Waals surface area (Å²) in [4.78, 5) is 25.2. The van der Waals surface area contributed by atoms with E-state index in [0.717, 1.165) is 50.0 Å². The zero-order valence-electron chi connectivity index (χ0n) is 18.8. The van der Waals surface area contributed by atoms with Crippen molar-refractivity contribution < 1.29 is 14.3 Å². The number of fused-ring (bicyclic) bond motifs is 5. The number of amides is 2.